The third kappa shape index (κ3) is 4.72. The highest BCUT2D eigenvalue weighted by atomic mass is 32.2. The van der Waals surface area contributed by atoms with E-state index >= 15 is 0 Å². The van der Waals surface area contributed by atoms with Crippen molar-refractivity contribution in [3.05, 3.63) is 40.2 Å². The van der Waals surface area contributed by atoms with E-state index < -0.39 is 21.3 Å². The van der Waals surface area contributed by atoms with Crippen molar-refractivity contribution in [3.8, 4) is 0 Å². The van der Waals surface area contributed by atoms with E-state index in [0.29, 0.717) is 24.9 Å². The molecular weight excluding hydrogens is 440 g/mol. The minimum Gasteiger partial charge on any atom is -0.351 e. The van der Waals surface area contributed by atoms with Gasteiger partial charge in [-0.1, -0.05) is 6.07 Å². The first kappa shape index (κ1) is 23.6. The first-order valence-electron chi connectivity index (χ1n) is 11.5. The van der Waals surface area contributed by atoms with Crippen LogP contribution in [0.2, 0.25) is 0 Å². The summed E-state index contributed by atoms with van der Waals surface area (Å²) in [6, 6.07) is 1.54. The summed E-state index contributed by atoms with van der Waals surface area (Å²) in [6.45, 7) is 4.80. The largest absolute Gasteiger partial charge is 0.351 e. The number of carbonyl (C=O) groups is 1. The summed E-state index contributed by atoms with van der Waals surface area (Å²) < 4.78 is 31.8. The number of aryl methyl sites for hydroxylation is 1. The van der Waals surface area contributed by atoms with Crippen molar-refractivity contribution in [2.24, 2.45) is 5.73 Å². The summed E-state index contributed by atoms with van der Waals surface area (Å²) in [4.78, 5) is 13.7. The van der Waals surface area contributed by atoms with Crippen LogP contribution in [0.3, 0.4) is 0 Å². The van der Waals surface area contributed by atoms with E-state index in [1.54, 1.807) is 10.9 Å². The number of likely N-dealkylation sites (N-methyl/N-ethyl adjacent to an activating group) is 1. The molecule has 180 valence electrons. The SMILES string of the molecule is CC(C)n1cc(NS(=O)(=O)C2CCc3c2cc2c(c3NC(N)=O)CCC2)c(CCN(C)C)n1. The van der Waals surface area contributed by atoms with E-state index in [-0.39, 0.29) is 6.04 Å². The number of sulfonamides is 1. The average molecular weight is 475 g/mol. The van der Waals surface area contributed by atoms with Crippen LogP contribution in [0.25, 0.3) is 0 Å². The normalized spacial score (nSPS) is 17.5. The molecule has 1 aromatic heterocycles. The molecule has 2 aliphatic rings. The number of nitrogens with one attached hydrogen (secondary N) is 2. The lowest BCUT2D eigenvalue weighted by molar-refractivity contribution is 0.259. The zero-order chi connectivity index (χ0) is 23.9. The van der Waals surface area contributed by atoms with Gasteiger partial charge in [-0.25, -0.2) is 13.2 Å². The monoisotopic (exact) mass is 474 g/mol. The van der Waals surface area contributed by atoms with Gasteiger partial charge >= 0.3 is 6.03 Å². The second kappa shape index (κ2) is 8.98. The molecule has 1 aromatic carbocycles. The molecule has 2 aliphatic carbocycles. The maximum Gasteiger partial charge on any atom is 0.316 e. The summed E-state index contributed by atoms with van der Waals surface area (Å²) in [5.74, 6) is 0. The number of carbonyl (C=O) groups excluding carboxylic acids is 1. The molecule has 0 fully saturated rings. The Balaban J connectivity index is 1.68. The Labute approximate surface area is 195 Å². The molecule has 1 heterocycles. The van der Waals surface area contributed by atoms with Crippen LogP contribution >= 0.6 is 0 Å². The van der Waals surface area contributed by atoms with E-state index in [9.17, 15) is 13.2 Å². The standard InChI is InChI=1S/C23H34N6O3S/c1-14(2)29-13-20(19(26-29)10-11-28(3)4)27-33(31,32)21-9-8-17-18(21)12-15-6-5-7-16(15)22(17)25-23(24)30/h12-14,21,27H,5-11H2,1-4H3,(H3,24,25,30). The molecule has 1 atom stereocenters. The molecule has 0 bridgehead atoms. The molecule has 10 heteroatoms. The topological polar surface area (TPSA) is 122 Å². The zero-order valence-electron chi connectivity index (χ0n) is 19.8. The second-order valence-electron chi connectivity index (χ2n) is 9.59. The highest BCUT2D eigenvalue weighted by molar-refractivity contribution is 7.93. The number of nitrogens with two attached hydrogens (primary N) is 1. The van der Waals surface area contributed by atoms with Gasteiger partial charge < -0.3 is 16.0 Å². The Morgan fingerprint density at radius 1 is 1.27 bits per heavy atom. The van der Waals surface area contributed by atoms with Crippen molar-refractivity contribution in [2.75, 3.05) is 30.7 Å². The van der Waals surface area contributed by atoms with Gasteiger partial charge in [-0.15, -0.1) is 0 Å². The summed E-state index contributed by atoms with van der Waals surface area (Å²) in [5, 5.41) is 6.73. The Kier molecular flexibility index (Phi) is 6.41. The van der Waals surface area contributed by atoms with Crippen molar-refractivity contribution in [1.29, 1.82) is 0 Å². The number of amides is 2. The lowest BCUT2D eigenvalue weighted by atomic mass is 9.98. The van der Waals surface area contributed by atoms with Crippen LogP contribution in [-0.4, -0.2) is 49.8 Å². The average Bonchev–Trinajstić information content (AvgIpc) is 3.43. The number of urea groups is 1. The molecule has 2 amide bonds. The highest BCUT2D eigenvalue weighted by Gasteiger charge is 2.38. The molecule has 0 aliphatic heterocycles. The Bertz CT molecular complexity index is 1170. The maximum atomic E-state index is 13.6. The third-order valence-electron chi connectivity index (χ3n) is 6.55. The van der Waals surface area contributed by atoms with Gasteiger partial charge in [-0.2, -0.15) is 5.10 Å². The molecule has 4 N–H and O–H groups in total. The van der Waals surface area contributed by atoms with Crippen molar-refractivity contribution in [2.45, 2.75) is 63.7 Å². The number of fused-ring (bicyclic) bond motifs is 2. The number of hydrogen-bond donors (Lipinski definition) is 3. The minimum absolute atomic E-state index is 0.124. The van der Waals surface area contributed by atoms with Crippen molar-refractivity contribution < 1.29 is 13.2 Å². The first-order valence-corrected chi connectivity index (χ1v) is 13.1. The number of nitrogens with zero attached hydrogens (tertiary/aromatic N) is 3. The summed E-state index contributed by atoms with van der Waals surface area (Å²) in [5.41, 5.74) is 11.3. The fourth-order valence-electron chi connectivity index (χ4n) is 4.91. The smallest absolute Gasteiger partial charge is 0.316 e. The van der Waals surface area contributed by atoms with Crippen LogP contribution in [0.1, 0.15) is 65.9 Å². The number of benzene rings is 1. The van der Waals surface area contributed by atoms with Crippen LogP contribution in [0, 0.1) is 0 Å². The molecule has 0 radical (unpaired) electrons. The van der Waals surface area contributed by atoms with Crippen LogP contribution in [-0.2, 0) is 35.7 Å². The predicted octanol–water partition coefficient (Wildman–Crippen LogP) is 2.98. The minimum atomic E-state index is -3.72. The summed E-state index contributed by atoms with van der Waals surface area (Å²) >= 11 is 0. The van der Waals surface area contributed by atoms with E-state index in [4.69, 9.17) is 5.73 Å². The fraction of sp³-hybridized carbons (Fsp3) is 0.565. The third-order valence-corrected chi connectivity index (χ3v) is 8.30. The number of aromatic nitrogens is 2. The van der Waals surface area contributed by atoms with Crippen molar-refractivity contribution in [3.63, 3.8) is 0 Å². The van der Waals surface area contributed by atoms with Gasteiger partial charge in [0.25, 0.3) is 0 Å². The highest BCUT2D eigenvalue weighted by Crippen LogP contribution is 2.45. The Hall–Kier alpha value is -2.59. The lowest BCUT2D eigenvalue weighted by Gasteiger charge is -2.18. The van der Waals surface area contributed by atoms with E-state index in [1.807, 2.05) is 38.9 Å². The molecular formula is C23H34N6O3S. The van der Waals surface area contributed by atoms with Gasteiger partial charge in [-0.3, -0.25) is 9.40 Å². The van der Waals surface area contributed by atoms with Gasteiger partial charge in [0.2, 0.25) is 10.0 Å². The molecule has 4 rings (SSSR count). The number of primary amides is 1. The second-order valence-corrected chi connectivity index (χ2v) is 11.5. The van der Waals surface area contributed by atoms with E-state index in [1.165, 1.54) is 0 Å². The van der Waals surface area contributed by atoms with Gasteiger partial charge in [-0.05, 0) is 82.3 Å². The van der Waals surface area contributed by atoms with E-state index in [2.05, 4.69) is 15.1 Å². The van der Waals surface area contributed by atoms with Gasteiger partial charge in [0.15, 0.2) is 0 Å². The summed E-state index contributed by atoms with van der Waals surface area (Å²) in [6.07, 6.45) is 6.22. The van der Waals surface area contributed by atoms with Crippen LogP contribution in [0.4, 0.5) is 16.2 Å². The number of rotatable bonds is 8. The zero-order valence-corrected chi connectivity index (χ0v) is 20.6. The first-order chi connectivity index (χ1) is 15.6. The molecule has 0 saturated heterocycles. The van der Waals surface area contributed by atoms with Crippen LogP contribution in [0.15, 0.2) is 12.3 Å². The molecule has 0 spiro atoms. The molecule has 0 saturated carbocycles. The molecule has 9 nitrogen and oxygen atoms in total. The predicted molar refractivity (Wildman–Crippen MR) is 130 cm³/mol. The van der Waals surface area contributed by atoms with Crippen molar-refractivity contribution in [1.82, 2.24) is 14.7 Å². The number of anilines is 2. The van der Waals surface area contributed by atoms with E-state index in [0.717, 1.165) is 59.4 Å². The van der Waals surface area contributed by atoms with Crippen molar-refractivity contribution >= 4 is 27.4 Å². The van der Waals surface area contributed by atoms with Gasteiger partial charge in [0.05, 0.1) is 11.4 Å². The molecule has 2 aromatic rings. The van der Waals surface area contributed by atoms with Crippen LogP contribution < -0.4 is 15.8 Å². The number of hydrogen-bond acceptors (Lipinski definition) is 5. The molecule has 1 unspecified atom stereocenters. The van der Waals surface area contributed by atoms with Gasteiger partial charge in [0.1, 0.15) is 5.25 Å². The lowest BCUT2D eigenvalue weighted by Crippen LogP contribution is -2.22. The summed E-state index contributed by atoms with van der Waals surface area (Å²) in [7, 11) is 0.239. The fourth-order valence-corrected chi connectivity index (χ4v) is 6.51. The Morgan fingerprint density at radius 2 is 2.03 bits per heavy atom. The van der Waals surface area contributed by atoms with Gasteiger partial charge in [0, 0.05) is 30.9 Å². The Morgan fingerprint density at radius 3 is 2.70 bits per heavy atom. The molecule has 33 heavy (non-hydrogen) atoms. The quantitative estimate of drug-likeness (QED) is 0.543. The maximum absolute atomic E-state index is 13.6. The van der Waals surface area contributed by atoms with Crippen LogP contribution in [0.5, 0.6) is 0 Å².